The summed E-state index contributed by atoms with van der Waals surface area (Å²) in [6.45, 7) is 4.95. The Bertz CT molecular complexity index is 356. The third kappa shape index (κ3) is 3.56. The van der Waals surface area contributed by atoms with Gasteiger partial charge in [0.2, 0.25) is 0 Å². The van der Waals surface area contributed by atoms with Crippen LogP contribution < -0.4 is 11.1 Å². The first-order valence-electron chi connectivity index (χ1n) is 5.81. The van der Waals surface area contributed by atoms with Crippen LogP contribution in [0, 0.1) is 0 Å². The first-order valence-corrected chi connectivity index (χ1v) is 6.18. The van der Waals surface area contributed by atoms with Crippen molar-refractivity contribution in [1.29, 1.82) is 0 Å². The first-order chi connectivity index (χ1) is 8.13. The van der Waals surface area contributed by atoms with E-state index in [2.05, 4.69) is 17.2 Å². The minimum atomic E-state index is 0.0150. The van der Waals surface area contributed by atoms with Crippen molar-refractivity contribution in [2.45, 2.75) is 32.4 Å². The van der Waals surface area contributed by atoms with Crippen LogP contribution in [0.1, 0.15) is 31.9 Å². The van der Waals surface area contributed by atoms with Gasteiger partial charge < -0.3 is 15.8 Å². The van der Waals surface area contributed by atoms with Gasteiger partial charge in [0.15, 0.2) is 0 Å². The van der Waals surface area contributed by atoms with Gasteiger partial charge in [-0.1, -0.05) is 25.4 Å². The number of rotatable bonds is 6. The molecule has 1 aromatic rings. The number of pyridine rings is 1. The van der Waals surface area contributed by atoms with Crippen LogP contribution in [0.25, 0.3) is 0 Å². The van der Waals surface area contributed by atoms with Crippen molar-refractivity contribution in [1.82, 2.24) is 10.3 Å². The zero-order valence-corrected chi connectivity index (χ0v) is 11.3. The van der Waals surface area contributed by atoms with Crippen molar-refractivity contribution in [3.63, 3.8) is 0 Å². The summed E-state index contributed by atoms with van der Waals surface area (Å²) >= 11 is 5.97. The quantitative estimate of drug-likeness (QED) is 0.822. The van der Waals surface area contributed by atoms with Gasteiger partial charge in [-0.25, -0.2) is 4.98 Å². The van der Waals surface area contributed by atoms with Gasteiger partial charge in [-0.05, 0) is 19.0 Å². The Morgan fingerprint density at radius 1 is 1.53 bits per heavy atom. The van der Waals surface area contributed by atoms with Gasteiger partial charge in [0.05, 0.1) is 17.2 Å². The molecule has 0 aromatic carbocycles. The maximum atomic E-state index is 5.97. The maximum absolute atomic E-state index is 5.97. The van der Waals surface area contributed by atoms with Crippen LogP contribution in [-0.4, -0.2) is 24.7 Å². The molecule has 1 aromatic heterocycles. The highest BCUT2D eigenvalue weighted by Gasteiger charge is 2.23. The van der Waals surface area contributed by atoms with Gasteiger partial charge in [-0.15, -0.1) is 0 Å². The lowest BCUT2D eigenvalue weighted by molar-refractivity contribution is 0.0657. The molecule has 1 heterocycles. The van der Waals surface area contributed by atoms with Crippen molar-refractivity contribution < 1.29 is 4.74 Å². The fourth-order valence-electron chi connectivity index (χ4n) is 1.91. The molecule has 3 N–H and O–H groups in total. The summed E-state index contributed by atoms with van der Waals surface area (Å²) in [5.74, 6) is 0.496. The summed E-state index contributed by atoms with van der Waals surface area (Å²) in [6, 6.07) is 1.86. The first kappa shape index (κ1) is 14.2. The highest BCUT2D eigenvalue weighted by Crippen LogP contribution is 2.27. The zero-order valence-electron chi connectivity index (χ0n) is 10.5. The lowest BCUT2D eigenvalue weighted by atomic mass is 10.00. The number of methoxy groups -OCH3 is 1. The molecule has 0 aliphatic carbocycles. The minimum Gasteiger partial charge on any atom is -0.383 e. The van der Waals surface area contributed by atoms with E-state index < -0.39 is 0 Å². The predicted molar refractivity (Wildman–Crippen MR) is 71.2 cm³/mol. The van der Waals surface area contributed by atoms with E-state index in [1.807, 2.05) is 13.0 Å². The Labute approximate surface area is 108 Å². The molecule has 96 valence electrons. The second kappa shape index (κ2) is 6.79. The van der Waals surface area contributed by atoms with Crippen LogP contribution in [-0.2, 0) is 4.74 Å². The molecule has 0 fully saturated rings. The standard InChI is InChI=1S/C12H20ClN3O/c1-4-10(17-3)11(15-5-2)9-6-8(13)7-16-12(9)14/h6-7,10-11,15H,4-5H2,1-3H3,(H2,14,16). The predicted octanol–water partition coefficient (Wildman–Crippen LogP) is 2.39. The van der Waals surface area contributed by atoms with Crippen molar-refractivity contribution in [2.75, 3.05) is 19.4 Å². The van der Waals surface area contributed by atoms with Crippen LogP contribution in [0.4, 0.5) is 5.82 Å². The Hall–Kier alpha value is -0.840. The van der Waals surface area contributed by atoms with Gasteiger partial charge in [0, 0.05) is 18.9 Å². The van der Waals surface area contributed by atoms with E-state index in [1.54, 1.807) is 13.3 Å². The molecule has 1 rings (SSSR count). The molecule has 2 atom stereocenters. The van der Waals surface area contributed by atoms with Crippen molar-refractivity contribution in [2.24, 2.45) is 0 Å². The molecule has 0 saturated carbocycles. The van der Waals surface area contributed by atoms with Crippen LogP contribution in [0.5, 0.6) is 0 Å². The summed E-state index contributed by atoms with van der Waals surface area (Å²) in [7, 11) is 1.70. The summed E-state index contributed by atoms with van der Waals surface area (Å²) in [5, 5.41) is 3.95. The monoisotopic (exact) mass is 257 g/mol. The van der Waals surface area contributed by atoms with E-state index in [4.69, 9.17) is 22.1 Å². The molecule has 0 spiro atoms. The number of nitrogens with zero attached hydrogens (tertiary/aromatic N) is 1. The highest BCUT2D eigenvalue weighted by molar-refractivity contribution is 6.30. The largest absolute Gasteiger partial charge is 0.383 e. The maximum Gasteiger partial charge on any atom is 0.128 e. The Morgan fingerprint density at radius 2 is 2.24 bits per heavy atom. The fourth-order valence-corrected chi connectivity index (χ4v) is 2.08. The average Bonchev–Trinajstić information content (AvgIpc) is 2.33. The number of hydrogen-bond acceptors (Lipinski definition) is 4. The number of likely N-dealkylation sites (N-methyl/N-ethyl adjacent to an activating group) is 1. The number of aromatic nitrogens is 1. The second-order valence-corrected chi connectivity index (χ2v) is 4.28. The van der Waals surface area contributed by atoms with Crippen molar-refractivity contribution in [3.8, 4) is 0 Å². The molecular formula is C12H20ClN3O. The number of nitrogen functional groups attached to an aromatic ring is 1. The lowest BCUT2D eigenvalue weighted by Crippen LogP contribution is -2.33. The molecule has 0 bridgehead atoms. The van der Waals surface area contributed by atoms with E-state index >= 15 is 0 Å². The summed E-state index contributed by atoms with van der Waals surface area (Å²) < 4.78 is 5.47. The van der Waals surface area contributed by atoms with E-state index in [9.17, 15) is 0 Å². The van der Waals surface area contributed by atoms with Gasteiger partial charge in [-0.2, -0.15) is 0 Å². The molecular weight excluding hydrogens is 238 g/mol. The smallest absolute Gasteiger partial charge is 0.128 e. The van der Waals surface area contributed by atoms with E-state index in [-0.39, 0.29) is 12.1 Å². The summed E-state index contributed by atoms with van der Waals surface area (Å²) in [6.07, 6.45) is 2.49. The van der Waals surface area contributed by atoms with Crippen molar-refractivity contribution >= 4 is 17.4 Å². The average molecular weight is 258 g/mol. The van der Waals surface area contributed by atoms with Crippen LogP contribution >= 0.6 is 11.6 Å². The zero-order chi connectivity index (χ0) is 12.8. The number of halogens is 1. The molecule has 0 radical (unpaired) electrons. The fraction of sp³-hybridized carbons (Fsp3) is 0.583. The third-order valence-electron chi connectivity index (χ3n) is 2.75. The Kier molecular flexibility index (Phi) is 5.68. The van der Waals surface area contributed by atoms with Gasteiger partial charge in [-0.3, -0.25) is 0 Å². The molecule has 0 aliphatic rings. The number of nitrogens with one attached hydrogen (secondary N) is 1. The number of nitrogens with two attached hydrogens (primary N) is 1. The van der Waals surface area contributed by atoms with Crippen LogP contribution in [0.2, 0.25) is 5.02 Å². The molecule has 2 unspecified atom stereocenters. The number of ether oxygens (including phenoxy) is 1. The highest BCUT2D eigenvalue weighted by atomic mass is 35.5. The Balaban J connectivity index is 3.07. The molecule has 5 heteroatoms. The molecule has 0 aliphatic heterocycles. The lowest BCUT2D eigenvalue weighted by Gasteiger charge is -2.27. The van der Waals surface area contributed by atoms with E-state index in [1.165, 1.54) is 0 Å². The van der Waals surface area contributed by atoms with Gasteiger partial charge in [0.25, 0.3) is 0 Å². The molecule has 0 saturated heterocycles. The molecule has 4 nitrogen and oxygen atoms in total. The van der Waals surface area contributed by atoms with E-state index in [0.29, 0.717) is 10.8 Å². The number of anilines is 1. The summed E-state index contributed by atoms with van der Waals surface area (Å²) in [5.41, 5.74) is 6.80. The van der Waals surface area contributed by atoms with Crippen LogP contribution in [0.15, 0.2) is 12.3 Å². The Morgan fingerprint density at radius 3 is 2.76 bits per heavy atom. The SMILES string of the molecule is CCNC(c1cc(Cl)cnc1N)C(CC)OC. The summed E-state index contributed by atoms with van der Waals surface area (Å²) in [4.78, 5) is 4.08. The topological polar surface area (TPSA) is 60.2 Å². The number of hydrogen-bond donors (Lipinski definition) is 2. The second-order valence-electron chi connectivity index (χ2n) is 3.85. The third-order valence-corrected chi connectivity index (χ3v) is 2.96. The normalized spacial score (nSPS) is 14.6. The van der Waals surface area contributed by atoms with Gasteiger partial charge in [0.1, 0.15) is 5.82 Å². The van der Waals surface area contributed by atoms with Gasteiger partial charge >= 0.3 is 0 Å². The van der Waals surface area contributed by atoms with Crippen LogP contribution in [0.3, 0.4) is 0 Å². The molecule has 17 heavy (non-hydrogen) atoms. The van der Waals surface area contributed by atoms with Crippen molar-refractivity contribution in [3.05, 3.63) is 22.8 Å². The van der Waals surface area contributed by atoms with E-state index in [0.717, 1.165) is 18.5 Å². The molecule has 0 amide bonds. The minimum absolute atomic E-state index is 0.0150.